The number of hydrogen-bond acceptors (Lipinski definition) is 5. The van der Waals surface area contributed by atoms with Crippen LogP contribution in [0.3, 0.4) is 0 Å². The van der Waals surface area contributed by atoms with Crippen LogP contribution in [0.15, 0.2) is 24.3 Å². The number of esters is 1. The van der Waals surface area contributed by atoms with Crippen molar-refractivity contribution in [3.8, 4) is 0 Å². The number of unbranched alkanes of at least 4 members (excludes halogenated alkanes) is 59. The van der Waals surface area contributed by atoms with Gasteiger partial charge in [-0.05, 0) is 57.8 Å². The first-order valence-corrected chi connectivity index (χ1v) is 38.1. The lowest BCUT2D eigenvalue weighted by Crippen LogP contribution is -2.45. The summed E-state index contributed by atoms with van der Waals surface area (Å²) in [7, 11) is 0. The number of carbonyl (C=O) groups excluding carboxylic acids is 2. The maximum atomic E-state index is 12.5. The zero-order chi connectivity index (χ0) is 59.9. The Morgan fingerprint density at radius 1 is 0.325 bits per heavy atom. The minimum absolute atomic E-state index is 0.0186. The second-order valence-electron chi connectivity index (χ2n) is 26.3. The van der Waals surface area contributed by atoms with E-state index in [2.05, 4.69) is 31.3 Å². The number of allylic oxidation sites excluding steroid dienone is 3. The normalized spacial score (nSPS) is 12.6. The van der Waals surface area contributed by atoms with Crippen LogP contribution in [0.5, 0.6) is 0 Å². The molecule has 0 aromatic heterocycles. The Morgan fingerprint density at radius 2 is 0.566 bits per heavy atom. The molecule has 2 atom stereocenters. The highest BCUT2D eigenvalue weighted by Crippen LogP contribution is 2.19. The zero-order valence-corrected chi connectivity index (χ0v) is 56.5. The van der Waals surface area contributed by atoms with E-state index in [1.54, 1.807) is 6.08 Å². The van der Waals surface area contributed by atoms with Gasteiger partial charge in [-0.25, -0.2) is 0 Å². The molecule has 0 aromatic rings. The van der Waals surface area contributed by atoms with E-state index in [9.17, 15) is 19.8 Å². The fourth-order valence-corrected chi connectivity index (χ4v) is 12.2. The molecule has 1 amide bonds. The molecular formula is C77H149NO5. The number of aliphatic hydroxyl groups excluding tert-OH is 2. The van der Waals surface area contributed by atoms with Crippen molar-refractivity contribution in [2.45, 2.75) is 443 Å². The van der Waals surface area contributed by atoms with Crippen LogP contribution in [0, 0.1) is 0 Å². The third-order valence-electron chi connectivity index (χ3n) is 18.0. The van der Waals surface area contributed by atoms with E-state index in [1.807, 2.05) is 6.08 Å². The van der Waals surface area contributed by atoms with Gasteiger partial charge in [-0.15, -0.1) is 0 Å². The molecule has 3 N–H and O–H groups in total. The van der Waals surface area contributed by atoms with Gasteiger partial charge in [0.1, 0.15) is 0 Å². The summed E-state index contributed by atoms with van der Waals surface area (Å²) in [5, 5.41) is 23.3. The lowest BCUT2D eigenvalue weighted by atomic mass is 10.0. The molecule has 0 aromatic carbocycles. The van der Waals surface area contributed by atoms with Crippen LogP contribution in [-0.4, -0.2) is 47.4 Å². The Balaban J connectivity index is 3.40. The van der Waals surface area contributed by atoms with E-state index in [-0.39, 0.29) is 18.5 Å². The van der Waals surface area contributed by atoms with Crippen LogP contribution in [0.4, 0.5) is 0 Å². The third-order valence-corrected chi connectivity index (χ3v) is 18.0. The summed E-state index contributed by atoms with van der Waals surface area (Å²) in [5.41, 5.74) is 0. The summed E-state index contributed by atoms with van der Waals surface area (Å²) in [6.07, 6.45) is 92.8. The fraction of sp³-hybridized carbons (Fsp3) is 0.922. The van der Waals surface area contributed by atoms with Gasteiger partial charge in [-0.3, -0.25) is 9.59 Å². The predicted molar refractivity (Wildman–Crippen MR) is 366 cm³/mol. The first kappa shape index (κ1) is 81.3. The van der Waals surface area contributed by atoms with Crippen molar-refractivity contribution >= 4 is 11.9 Å². The van der Waals surface area contributed by atoms with Crippen LogP contribution >= 0.6 is 0 Å². The average Bonchev–Trinajstić information content (AvgIpc) is 3.49. The number of amides is 1. The van der Waals surface area contributed by atoms with E-state index < -0.39 is 12.1 Å². The van der Waals surface area contributed by atoms with E-state index in [1.165, 1.54) is 366 Å². The summed E-state index contributed by atoms with van der Waals surface area (Å²) in [4.78, 5) is 24.6. The van der Waals surface area contributed by atoms with Crippen molar-refractivity contribution in [1.82, 2.24) is 5.32 Å². The van der Waals surface area contributed by atoms with Crippen molar-refractivity contribution in [3.63, 3.8) is 0 Å². The highest BCUT2D eigenvalue weighted by Gasteiger charge is 2.18. The van der Waals surface area contributed by atoms with Gasteiger partial charge >= 0.3 is 5.97 Å². The van der Waals surface area contributed by atoms with Gasteiger partial charge in [0, 0.05) is 12.8 Å². The molecule has 492 valence electrons. The van der Waals surface area contributed by atoms with Gasteiger partial charge in [0.05, 0.1) is 25.4 Å². The van der Waals surface area contributed by atoms with Gasteiger partial charge in [0.25, 0.3) is 0 Å². The molecule has 6 nitrogen and oxygen atoms in total. The van der Waals surface area contributed by atoms with Crippen molar-refractivity contribution in [1.29, 1.82) is 0 Å². The lowest BCUT2D eigenvalue weighted by molar-refractivity contribution is -0.143. The van der Waals surface area contributed by atoms with Gasteiger partial charge < -0.3 is 20.3 Å². The molecule has 0 rings (SSSR count). The average molecular weight is 1170 g/mol. The van der Waals surface area contributed by atoms with Crippen molar-refractivity contribution < 1.29 is 24.5 Å². The Labute approximate surface area is 520 Å². The standard InChI is InChI=1S/C77H149NO5/c1-3-5-7-9-11-13-15-17-18-19-20-21-22-30-33-36-39-42-46-49-53-57-61-65-69-75(80)74(73-79)78-76(81)70-66-62-58-54-50-47-43-40-37-34-31-28-26-24-23-25-27-29-32-35-38-41-44-48-52-56-60-64-68-72-83-77(82)71-67-63-59-55-51-45-16-14-12-10-8-6-4-2/h23,25,65,69,74-75,79-80H,3-22,24,26-64,66-68,70-73H2,1-2H3,(H,78,81)/b25-23-,69-65+. The minimum atomic E-state index is -0.845. The molecule has 2 unspecified atom stereocenters. The molecule has 0 aliphatic carbocycles. The molecule has 0 aliphatic heterocycles. The lowest BCUT2D eigenvalue weighted by Gasteiger charge is -2.20. The number of carbonyl (C=O) groups is 2. The summed E-state index contributed by atoms with van der Waals surface area (Å²) in [5.74, 6) is -0.0435. The van der Waals surface area contributed by atoms with Crippen LogP contribution in [0.25, 0.3) is 0 Å². The molecule has 0 spiro atoms. The number of nitrogens with one attached hydrogen (secondary N) is 1. The molecule has 0 saturated heterocycles. The first-order chi connectivity index (χ1) is 41.0. The molecule has 0 bridgehead atoms. The van der Waals surface area contributed by atoms with Crippen LogP contribution in [0.1, 0.15) is 431 Å². The fourth-order valence-electron chi connectivity index (χ4n) is 12.2. The van der Waals surface area contributed by atoms with Gasteiger partial charge in [0.15, 0.2) is 0 Å². The maximum absolute atomic E-state index is 12.5. The smallest absolute Gasteiger partial charge is 0.305 e. The second-order valence-corrected chi connectivity index (χ2v) is 26.3. The van der Waals surface area contributed by atoms with Crippen LogP contribution < -0.4 is 5.32 Å². The molecule has 0 fully saturated rings. The monoisotopic (exact) mass is 1170 g/mol. The molecule has 83 heavy (non-hydrogen) atoms. The first-order valence-electron chi connectivity index (χ1n) is 38.1. The molecule has 0 aliphatic rings. The summed E-state index contributed by atoms with van der Waals surface area (Å²) < 4.78 is 5.49. The molecular weight excluding hydrogens is 1020 g/mol. The number of ether oxygens (including phenoxy) is 1. The Morgan fingerprint density at radius 3 is 0.855 bits per heavy atom. The zero-order valence-electron chi connectivity index (χ0n) is 56.5. The second kappa shape index (κ2) is 72.8. The largest absolute Gasteiger partial charge is 0.466 e. The molecule has 0 heterocycles. The summed E-state index contributed by atoms with van der Waals surface area (Å²) in [6.45, 7) is 4.95. The number of rotatable bonds is 72. The number of hydrogen-bond donors (Lipinski definition) is 3. The van der Waals surface area contributed by atoms with Gasteiger partial charge in [-0.1, -0.05) is 385 Å². The van der Waals surface area contributed by atoms with Crippen molar-refractivity contribution in [2.24, 2.45) is 0 Å². The SMILES string of the molecule is CCCCCCCCCCCCCCCCCCCCCCCC/C=C/C(O)C(CO)NC(=O)CCCCCCCCCCCCCCC/C=C\CCCCCCCCCCCCCCOC(=O)CCCCCCCCCCCCCCC. The predicted octanol–water partition coefficient (Wildman–Crippen LogP) is 24.9. The Bertz CT molecular complexity index is 1300. The number of aliphatic hydroxyl groups is 2. The minimum Gasteiger partial charge on any atom is -0.466 e. The van der Waals surface area contributed by atoms with Crippen LogP contribution in [0.2, 0.25) is 0 Å². The summed E-state index contributed by atoms with van der Waals surface area (Å²) >= 11 is 0. The highest BCUT2D eigenvalue weighted by molar-refractivity contribution is 5.76. The quantitative estimate of drug-likeness (QED) is 0.0320. The Kier molecular flexibility index (Phi) is 71.4. The van der Waals surface area contributed by atoms with Crippen LogP contribution in [-0.2, 0) is 14.3 Å². The molecule has 6 heteroatoms. The molecule has 0 saturated carbocycles. The van der Waals surface area contributed by atoms with Gasteiger partial charge in [0.2, 0.25) is 5.91 Å². The maximum Gasteiger partial charge on any atom is 0.305 e. The van der Waals surface area contributed by atoms with E-state index in [0.717, 1.165) is 38.5 Å². The van der Waals surface area contributed by atoms with E-state index in [0.29, 0.717) is 19.4 Å². The topological polar surface area (TPSA) is 95.9 Å². The van der Waals surface area contributed by atoms with Gasteiger partial charge in [-0.2, -0.15) is 0 Å². The Hall–Kier alpha value is -1.66. The van der Waals surface area contributed by atoms with E-state index >= 15 is 0 Å². The third kappa shape index (κ3) is 69.3. The van der Waals surface area contributed by atoms with Crippen molar-refractivity contribution in [2.75, 3.05) is 13.2 Å². The van der Waals surface area contributed by atoms with E-state index in [4.69, 9.17) is 4.74 Å². The highest BCUT2D eigenvalue weighted by atomic mass is 16.5. The summed E-state index contributed by atoms with van der Waals surface area (Å²) in [6, 6.07) is -0.628. The molecule has 0 radical (unpaired) electrons. The van der Waals surface area contributed by atoms with Crippen molar-refractivity contribution in [3.05, 3.63) is 24.3 Å².